The number of imidazole rings is 1. The van der Waals surface area contributed by atoms with E-state index < -0.39 is 18.2 Å². The number of aromatic nitrogens is 5. The van der Waals surface area contributed by atoms with Crippen LogP contribution < -0.4 is 10.1 Å². The van der Waals surface area contributed by atoms with E-state index >= 15 is 0 Å². The number of benzene rings is 1. The minimum absolute atomic E-state index is 0.288. The molecule has 4 rings (SSSR count). The van der Waals surface area contributed by atoms with Gasteiger partial charge in [0, 0.05) is 24.4 Å². The lowest BCUT2D eigenvalue weighted by Gasteiger charge is -2.11. The molecule has 0 aliphatic heterocycles. The number of ether oxygens (including phenoxy) is 1. The van der Waals surface area contributed by atoms with Crippen molar-refractivity contribution in [2.75, 3.05) is 5.32 Å². The lowest BCUT2D eigenvalue weighted by Crippen LogP contribution is -2.06. The van der Waals surface area contributed by atoms with E-state index in [2.05, 4.69) is 30.0 Å². The standard InChI is InChI=1S/C19H14ClF3N6O/c1-2-16-28-18-13(5-10(20)7-25-18)29(16)17-9-24-8-15(27-17)26-11-3-4-14(12(21)6-11)30-19(22)23/h3-9,19H,2H2,1H3,(H,26,27). The number of pyridine rings is 1. The fourth-order valence-electron chi connectivity index (χ4n) is 2.92. The molecule has 0 saturated carbocycles. The fourth-order valence-corrected chi connectivity index (χ4v) is 3.07. The number of fused-ring (bicyclic) bond motifs is 1. The molecule has 0 spiro atoms. The van der Waals surface area contributed by atoms with Crippen LogP contribution in [-0.4, -0.2) is 31.1 Å². The molecule has 30 heavy (non-hydrogen) atoms. The first kappa shape index (κ1) is 19.9. The van der Waals surface area contributed by atoms with Crippen molar-refractivity contribution in [3.05, 3.63) is 59.5 Å². The van der Waals surface area contributed by atoms with Gasteiger partial charge in [-0.05, 0) is 18.2 Å². The zero-order valence-electron chi connectivity index (χ0n) is 15.5. The second-order valence-electron chi connectivity index (χ2n) is 6.12. The van der Waals surface area contributed by atoms with Crippen LogP contribution in [0.4, 0.5) is 24.7 Å². The van der Waals surface area contributed by atoms with Gasteiger partial charge in [0.15, 0.2) is 28.8 Å². The molecule has 0 amide bonds. The number of nitrogens with one attached hydrogen (secondary N) is 1. The molecule has 1 aromatic carbocycles. The average Bonchev–Trinajstić information content (AvgIpc) is 3.07. The number of halogens is 4. The summed E-state index contributed by atoms with van der Waals surface area (Å²) in [6, 6.07) is 5.26. The van der Waals surface area contributed by atoms with Crippen molar-refractivity contribution in [1.29, 1.82) is 0 Å². The molecule has 0 unspecified atom stereocenters. The van der Waals surface area contributed by atoms with Crippen LogP contribution in [0.5, 0.6) is 5.75 Å². The lowest BCUT2D eigenvalue weighted by molar-refractivity contribution is -0.0521. The van der Waals surface area contributed by atoms with E-state index in [9.17, 15) is 13.2 Å². The molecular formula is C19H14ClF3N6O. The van der Waals surface area contributed by atoms with E-state index in [-0.39, 0.29) is 5.69 Å². The molecule has 1 N–H and O–H groups in total. The number of nitrogens with zero attached hydrogens (tertiary/aromatic N) is 5. The Morgan fingerprint density at radius 3 is 2.73 bits per heavy atom. The first-order valence-electron chi connectivity index (χ1n) is 8.81. The Balaban J connectivity index is 1.68. The highest BCUT2D eigenvalue weighted by Gasteiger charge is 2.15. The Bertz CT molecular complexity index is 1220. The Morgan fingerprint density at radius 2 is 2.00 bits per heavy atom. The van der Waals surface area contributed by atoms with Crippen molar-refractivity contribution in [3.8, 4) is 11.6 Å². The van der Waals surface area contributed by atoms with Crippen LogP contribution in [0.15, 0.2) is 42.9 Å². The highest BCUT2D eigenvalue weighted by atomic mass is 35.5. The summed E-state index contributed by atoms with van der Waals surface area (Å²) in [5, 5.41) is 3.35. The molecule has 154 valence electrons. The van der Waals surface area contributed by atoms with Crippen LogP contribution in [0, 0.1) is 5.82 Å². The van der Waals surface area contributed by atoms with Gasteiger partial charge in [0.05, 0.1) is 22.9 Å². The fraction of sp³-hybridized carbons (Fsp3) is 0.158. The van der Waals surface area contributed by atoms with E-state index in [0.29, 0.717) is 40.1 Å². The molecule has 0 fully saturated rings. The number of rotatable bonds is 6. The maximum absolute atomic E-state index is 14.0. The molecule has 0 bridgehead atoms. The van der Waals surface area contributed by atoms with E-state index in [1.165, 1.54) is 18.5 Å². The van der Waals surface area contributed by atoms with Crippen molar-refractivity contribution < 1.29 is 17.9 Å². The van der Waals surface area contributed by atoms with Gasteiger partial charge in [-0.3, -0.25) is 9.55 Å². The molecule has 3 aromatic heterocycles. The summed E-state index contributed by atoms with van der Waals surface area (Å²) < 4.78 is 44.4. The van der Waals surface area contributed by atoms with E-state index in [0.717, 1.165) is 12.1 Å². The number of anilines is 2. The maximum atomic E-state index is 14.0. The summed E-state index contributed by atoms with van der Waals surface area (Å²) in [6.07, 6.45) is 5.12. The van der Waals surface area contributed by atoms with Crippen molar-refractivity contribution in [1.82, 2.24) is 24.5 Å². The van der Waals surface area contributed by atoms with Crippen molar-refractivity contribution in [2.24, 2.45) is 0 Å². The number of alkyl halides is 2. The van der Waals surface area contributed by atoms with Gasteiger partial charge in [-0.15, -0.1) is 0 Å². The van der Waals surface area contributed by atoms with Gasteiger partial charge in [0.2, 0.25) is 0 Å². The number of hydrogen-bond donors (Lipinski definition) is 1. The molecular weight excluding hydrogens is 421 g/mol. The van der Waals surface area contributed by atoms with Gasteiger partial charge in [-0.1, -0.05) is 18.5 Å². The molecule has 0 saturated heterocycles. The summed E-state index contributed by atoms with van der Waals surface area (Å²) in [6.45, 7) is -1.16. The Morgan fingerprint density at radius 1 is 1.17 bits per heavy atom. The predicted octanol–water partition coefficient (Wildman–Crippen LogP) is 4.91. The molecule has 0 atom stereocenters. The monoisotopic (exact) mass is 434 g/mol. The smallest absolute Gasteiger partial charge is 0.387 e. The highest BCUT2D eigenvalue weighted by molar-refractivity contribution is 6.31. The van der Waals surface area contributed by atoms with Gasteiger partial charge in [0.1, 0.15) is 5.82 Å². The first-order valence-corrected chi connectivity index (χ1v) is 9.19. The van der Waals surface area contributed by atoms with Gasteiger partial charge in [0.25, 0.3) is 0 Å². The summed E-state index contributed by atoms with van der Waals surface area (Å²) in [5.41, 5.74) is 1.48. The Kier molecular flexibility index (Phi) is 5.40. The minimum atomic E-state index is -3.11. The van der Waals surface area contributed by atoms with Crippen LogP contribution in [0.25, 0.3) is 17.0 Å². The maximum Gasteiger partial charge on any atom is 0.387 e. The zero-order valence-corrected chi connectivity index (χ0v) is 16.2. The van der Waals surface area contributed by atoms with Gasteiger partial charge < -0.3 is 10.1 Å². The van der Waals surface area contributed by atoms with Crippen LogP contribution in [0.2, 0.25) is 5.02 Å². The van der Waals surface area contributed by atoms with Crippen molar-refractivity contribution in [3.63, 3.8) is 0 Å². The van der Waals surface area contributed by atoms with E-state index in [1.54, 1.807) is 16.8 Å². The molecule has 11 heteroatoms. The van der Waals surface area contributed by atoms with E-state index in [1.807, 2.05) is 6.92 Å². The zero-order chi connectivity index (χ0) is 21.3. The summed E-state index contributed by atoms with van der Waals surface area (Å²) in [4.78, 5) is 17.4. The Labute approximate surface area is 173 Å². The molecule has 7 nitrogen and oxygen atoms in total. The number of aryl methyl sites for hydroxylation is 1. The average molecular weight is 435 g/mol. The normalized spacial score (nSPS) is 11.3. The van der Waals surface area contributed by atoms with Crippen LogP contribution >= 0.6 is 11.6 Å². The predicted molar refractivity (Wildman–Crippen MR) is 105 cm³/mol. The summed E-state index contributed by atoms with van der Waals surface area (Å²) in [7, 11) is 0. The molecule has 0 radical (unpaired) electrons. The summed E-state index contributed by atoms with van der Waals surface area (Å²) >= 11 is 6.08. The molecule has 3 heterocycles. The van der Waals surface area contributed by atoms with E-state index in [4.69, 9.17) is 11.6 Å². The van der Waals surface area contributed by atoms with Crippen molar-refractivity contribution >= 4 is 34.3 Å². The van der Waals surface area contributed by atoms with Crippen molar-refractivity contribution in [2.45, 2.75) is 20.0 Å². The lowest BCUT2D eigenvalue weighted by atomic mass is 10.3. The third-order valence-corrected chi connectivity index (χ3v) is 4.34. The second-order valence-corrected chi connectivity index (χ2v) is 6.56. The SMILES string of the molecule is CCc1nc2ncc(Cl)cc2n1-c1cncc(Nc2ccc(OC(F)F)c(F)c2)n1. The van der Waals surface area contributed by atoms with Gasteiger partial charge in [-0.2, -0.15) is 8.78 Å². The van der Waals surface area contributed by atoms with Crippen LogP contribution in [-0.2, 0) is 6.42 Å². The minimum Gasteiger partial charge on any atom is -0.432 e. The molecule has 0 aliphatic carbocycles. The largest absolute Gasteiger partial charge is 0.432 e. The third kappa shape index (κ3) is 3.99. The topological polar surface area (TPSA) is 77.8 Å². The highest BCUT2D eigenvalue weighted by Crippen LogP contribution is 2.26. The quantitative estimate of drug-likeness (QED) is 0.464. The van der Waals surface area contributed by atoms with Gasteiger partial charge in [-0.25, -0.2) is 19.3 Å². The van der Waals surface area contributed by atoms with Gasteiger partial charge >= 0.3 is 6.61 Å². The molecule has 4 aromatic rings. The van der Waals surface area contributed by atoms with Crippen LogP contribution in [0.1, 0.15) is 12.7 Å². The second kappa shape index (κ2) is 8.15. The third-order valence-electron chi connectivity index (χ3n) is 4.14. The Hall–Kier alpha value is -3.40. The molecule has 0 aliphatic rings. The first-order chi connectivity index (χ1) is 14.4. The summed E-state index contributed by atoms with van der Waals surface area (Å²) in [5.74, 6) is 0.0110. The van der Waals surface area contributed by atoms with Crippen LogP contribution in [0.3, 0.4) is 0 Å². The number of hydrogen-bond acceptors (Lipinski definition) is 6.